The Morgan fingerprint density at radius 3 is 2.50 bits per heavy atom. The van der Waals surface area contributed by atoms with Crippen molar-refractivity contribution in [2.45, 2.75) is 83.6 Å². The first kappa shape index (κ1) is 21.2. The molecule has 7 nitrogen and oxygen atoms in total. The molecule has 166 valence electrons. The third-order valence-electron chi connectivity index (χ3n) is 7.15. The molecule has 30 heavy (non-hydrogen) atoms. The van der Waals surface area contributed by atoms with Crippen molar-refractivity contribution in [3.63, 3.8) is 0 Å². The molecule has 1 N–H and O–H groups in total. The number of oxazole rings is 1. The fourth-order valence-corrected chi connectivity index (χ4v) is 5.15. The summed E-state index contributed by atoms with van der Waals surface area (Å²) < 4.78 is 10.9. The molecule has 1 aliphatic heterocycles. The third kappa shape index (κ3) is 4.21. The Hall–Kier alpha value is -2.05. The van der Waals surface area contributed by atoms with E-state index in [1.807, 2.05) is 11.1 Å². The van der Waals surface area contributed by atoms with Gasteiger partial charge in [-0.15, -0.1) is 0 Å². The van der Waals surface area contributed by atoms with E-state index in [0.29, 0.717) is 17.9 Å². The van der Waals surface area contributed by atoms with Gasteiger partial charge < -0.3 is 19.4 Å². The minimum atomic E-state index is -0.380. The van der Waals surface area contributed by atoms with E-state index < -0.39 is 0 Å². The van der Waals surface area contributed by atoms with Crippen LogP contribution in [0.4, 0.5) is 4.79 Å². The zero-order chi connectivity index (χ0) is 21.5. The van der Waals surface area contributed by atoms with E-state index in [0.717, 1.165) is 63.3 Å². The van der Waals surface area contributed by atoms with Crippen molar-refractivity contribution in [3.05, 3.63) is 17.8 Å². The number of hydrogen-bond donors (Lipinski definition) is 1. The quantitative estimate of drug-likeness (QED) is 0.801. The highest BCUT2D eigenvalue weighted by Gasteiger charge is 2.49. The Morgan fingerprint density at radius 1 is 1.27 bits per heavy atom. The Balaban J connectivity index is 1.20. The Morgan fingerprint density at radius 2 is 1.93 bits per heavy atom. The molecule has 1 aromatic rings. The number of carbonyl (C=O) groups is 2. The normalized spacial score (nSPS) is 26.1. The smallest absolute Gasteiger partial charge is 0.407 e. The van der Waals surface area contributed by atoms with Crippen LogP contribution in [0.1, 0.15) is 83.8 Å². The first-order chi connectivity index (χ1) is 14.2. The fourth-order valence-electron chi connectivity index (χ4n) is 5.15. The van der Waals surface area contributed by atoms with Crippen molar-refractivity contribution in [3.8, 4) is 0 Å². The number of nitrogens with one attached hydrogen (secondary N) is 1. The summed E-state index contributed by atoms with van der Waals surface area (Å²) >= 11 is 0. The molecule has 2 amide bonds. The number of hydrogen-bond acceptors (Lipinski definition) is 5. The van der Waals surface area contributed by atoms with E-state index in [4.69, 9.17) is 9.15 Å². The molecule has 1 spiro atoms. The van der Waals surface area contributed by atoms with Crippen LogP contribution in [0.25, 0.3) is 0 Å². The third-order valence-corrected chi connectivity index (χ3v) is 7.15. The average molecular weight is 418 g/mol. The van der Waals surface area contributed by atoms with Gasteiger partial charge in [0, 0.05) is 36.4 Å². The number of aromatic nitrogens is 1. The number of likely N-dealkylation sites (tertiary alicyclic amines) is 1. The molecule has 2 heterocycles. The van der Waals surface area contributed by atoms with Gasteiger partial charge in [-0.1, -0.05) is 20.8 Å². The lowest BCUT2D eigenvalue weighted by Gasteiger charge is -2.52. The molecule has 1 saturated heterocycles. The van der Waals surface area contributed by atoms with Gasteiger partial charge in [0.25, 0.3) is 0 Å². The number of rotatable bonds is 4. The molecule has 4 rings (SSSR count). The molecule has 1 aromatic heterocycles. The number of ether oxygens (including phenoxy) is 1. The van der Waals surface area contributed by atoms with Crippen LogP contribution in [-0.4, -0.2) is 47.6 Å². The van der Waals surface area contributed by atoms with Crippen LogP contribution in [-0.2, 0) is 14.9 Å². The van der Waals surface area contributed by atoms with E-state index in [1.165, 1.54) is 0 Å². The van der Waals surface area contributed by atoms with E-state index in [9.17, 15) is 9.59 Å². The average Bonchev–Trinajstić information content (AvgIpc) is 3.12. The molecule has 3 aliphatic rings. The van der Waals surface area contributed by atoms with E-state index in [2.05, 4.69) is 31.1 Å². The lowest BCUT2D eigenvalue weighted by Crippen LogP contribution is -2.53. The predicted octanol–water partition coefficient (Wildman–Crippen LogP) is 3.98. The van der Waals surface area contributed by atoms with Crippen molar-refractivity contribution < 1.29 is 18.7 Å². The maximum atomic E-state index is 12.8. The maximum absolute atomic E-state index is 12.8. The summed E-state index contributed by atoms with van der Waals surface area (Å²) in [7, 11) is 0. The van der Waals surface area contributed by atoms with E-state index in [-0.39, 0.29) is 29.4 Å². The van der Waals surface area contributed by atoms with Crippen molar-refractivity contribution >= 4 is 12.0 Å². The SMILES string of the molecule is CCOC(=O)NC1CC(C(=O)N2CCC3(CC2)CC(c2cnc(C(C)(C)C)o2)C3)C1. The minimum absolute atomic E-state index is 0.0464. The minimum Gasteiger partial charge on any atom is -0.450 e. The number of piperidine rings is 1. The van der Waals surface area contributed by atoms with E-state index >= 15 is 0 Å². The molecule has 0 unspecified atom stereocenters. The molecule has 2 saturated carbocycles. The summed E-state index contributed by atoms with van der Waals surface area (Å²) in [5, 5.41) is 2.82. The van der Waals surface area contributed by atoms with E-state index in [1.54, 1.807) is 6.92 Å². The Bertz CT molecular complexity index is 775. The van der Waals surface area contributed by atoms with Gasteiger partial charge in [-0.05, 0) is 50.9 Å². The van der Waals surface area contributed by atoms with Gasteiger partial charge in [-0.3, -0.25) is 4.79 Å². The summed E-state index contributed by atoms with van der Waals surface area (Å²) in [6.45, 7) is 10.2. The van der Waals surface area contributed by atoms with Crippen LogP contribution >= 0.6 is 0 Å². The van der Waals surface area contributed by atoms with Gasteiger partial charge in [0.05, 0.1) is 12.8 Å². The highest BCUT2D eigenvalue weighted by Crippen LogP contribution is 2.57. The molecule has 0 aromatic carbocycles. The molecular formula is C23H35N3O4. The molecular weight excluding hydrogens is 382 g/mol. The molecule has 2 aliphatic carbocycles. The zero-order valence-corrected chi connectivity index (χ0v) is 18.7. The first-order valence-corrected chi connectivity index (χ1v) is 11.4. The van der Waals surface area contributed by atoms with Gasteiger partial charge in [0.1, 0.15) is 5.76 Å². The Labute approximate surface area is 178 Å². The molecule has 0 bridgehead atoms. The van der Waals surface area contributed by atoms with Crippen LogP contribution in [0.3, 0.4) is 0 Å². The van der Waals surface area contributed by atoms with Gasteiger partial charge in [-0.25, -0.2) is 9.78 Å². The molecule has 3 fully saturated rings. The number of carbonyl (C=O) groups excluding carboxylic acids is 2. The number of nitrogens with zero attached hydrogens (tertiary/aromatic N) is 2. The highest BCUT2D eigenvalue weighted by atomic mass is 16.5. The van der Waals surface area contributed by atoms with Gasteiger partial charge in [-0.2, -0.15) is 0 Å². The van der Waals surface area contributed by atoms with Crippen LogP contribution in [0.5, 0.6) is 0 Å². The predicted molar refractivity (Wildman–Crippen MR) is 112 cm³/mol. The monoisotopic (exact) mass is 417 g/mol. The summed E-state index contributed by atoms with van der Waals surface area (Å²) in [5.74, 6) is 2.61. The highest BCUT2D eigenvalue weighted by molar-refractivity contribution is 5.80. The zero-order valence-electron chi connectivity index (χ0n) is 18.7. The van der Waals surface area contributed by atoms with Crippen molar-refractivity contribution in [2.75, 3.05) is 19.7 Å². The molecule has 7 heteroatoms. The molecule has 0 radical (unpaired) electrons. The fraction of sp³-hybridized carbons (Fsp3) is 0.783. The van der Waals surface area contributed by atoms with Crippen LogP contribution in [0.2, 0.25) is 0 Å². The largest absolute Gasteiger partial charge is 0.450 e. The second-order valence-corrected chi connectivity index (χ2v) is 10.5. The lowest BCUT2D eigenvalue weighted by molar-refractivity contribution is -0.142. The molecule has 0 atom stereocenters. The van der Waals surface area contributed by atoms with Gasteiger partial charge in [0.15, 0.2) is 5.89 Å². The van der Waals surface area contributed by atoms with Crippen LogP contribution in [0, 0.1) is 11.3 Å². The maximum Gasteiger partial charge on any atom is 0.407 e. The van der Waals surface area contributed by atoms with Gasteiger partial charge >= 0.3 is 6.09 Å². The van der Waals surface area contributed by atoms with Crippen molar-refractivity contribution in [1.29, 1.82) is 0 Å². The summed E-state index contributed by atoms with van der Waals surface area (Å²) in [6.07, 6.45) is 7.42. The summed E-state index contributed by atoms with van der Waals surface area (Å²) in [5.41, 5.74) is 0.307. The first-order valence-electron chi connectivity index (χ1n) is 11.4. The summed E-state index contributed by atoms with van der Waals surface area (Å²) in [6, 6.07) is 0.0708. The number of amides is 2. The topological polar surface area (TPSA) is 84.7 Å². The van der Waals surface area contributed by atoms with Crippen LogP contribution < -0.4 is 5.32 Å². The summed E-state index contributed by atoms with van der Waals surface area (Å²) in [4.78, 5) is 30.8. The standard InChI is InChI=1S/C23H35N3O4/c1-5-29-21(28)25-17-10-15(11-17)19(27)26-8-6-23(7-9-26)12-16(13-23)18-14-24-20(30-18)22(2,3)4/h14-17H,5-13H2,1-4H3,(H,25,28). The van der Waals surface area contributed by atoms with Crippen molar-refractivity contribution in [2.24, 2.45) is 11.3 Å². The lowest BCUT2D eigenvalue weighted by atomic mass is 9.57. The Kier molecular flexibility index (Phi) is 5.58. The van der Waals surface area contributed by atoms with Crippen LogP contribution in [0.15, 0.2) is 10.6 Å². The number of alkyl carbamates (subject to hydrolysis) is 1. The van der Waals surface area contributed by atoms with Crippen molar-refractivity contribution in [1.82, 2.24) is 15.2 Å². The second-order valence-electron chi connectivity index (χ2n) is 10.5. The second kappa shape index (κ2) is 7.89. The van der Waals surface area contributed by atoms with Gasteiger partial charge in [0.2, 0.25) is 5.91 Å².